The van der Waals surface area contributed by atoms with E-state index in [1.165, 1.54) is 5.56 Å². The molecule has 2 unspecified atom stereocenters. The van der Waals surface area contributed by atoms with Crippen molar-refractivity contribution in [2.24, 2.45) is 0 Å². The number of anilines is 1. The average Bonchev–Trinajstić information content (AvgIpc) is 3.17. The van der Waals surface area contributed by atoms with Crippen LogP contribution in [0.2, 0.25) is 0 Å². The van der Waals surface area contributed by atoms with Gasteiger partial charge in [0.1, 0.15) is 5.82 Å². The largest absolute Gasteiger partial charge is 0.368 e. The van der Waals surface area contributed by atoms with E-state index in [4.69, 9.17) is 9.51 Å². The van der Waals surface area contributed by atoms with Gasteiger partial charge in [-0.3, -0.25) is 4.57 Å². The van der Waals surface area contributed by atoms with E-state index in [9.17, 15) is 9.46 Å². The van der Waals surface area contributed by atoms with Gasteiger partial charge in [-0.15, -0.1) is 0 Å². The number of hydrogen-bond donors (Lipinski definition) is 2. The van der Waals surface area contributed by atoms with Gasteiger partial charge in [-0.25, -0.2) is 4.98 Å². The second-order valence-corrected chi connectivity index (χ2v) is 10.3. The Labute approximate surface area is 201 Å². The fourth-order valence-electron chi connectivity index (χ4n) is 4.22. The fourth-order valence-corrected chi connectivity index (χ4v) is 5.60. The molecule has 2 N–H and O–H groups in total. The number of aromatic nitrogens is 2. The number of nitrogens with one attached hydrogen (secondary N) is 1. The number of fused-ring (bicyclic) bond motifs is 1. The molecule has 2 atom stereocenters. The van der Waals surface area contributed by atoms with Crippen LogP contribution in [-0.4, -0.2) is 21.1 Å². The number of hydrogen-bond acceptors (Lipinski definition) is 4. The van der Waals surface area contributed by atoms with Crippen LogP contribution in [0.15, 0.2) is 72.8 Å². The predicted octanol–water partition coefficient (Wildman–Crippen LogP) is 6.68. The third-order valence-corrected chi connectivity index (χ3v) is 7.59. The van der Waals surface area contributed by atoms with Gasteiger partial charge < -0.3 is 19.3 Å². The minimum atomic E-state index is -3.92. The van der Waals surface area contributed by atoms with Gasteiger partial charge in [0.2, 0.25) is 0 Å². The summed E-state index contributed by atoms with van der Waals surface area (Å²) in [5.74, 6) is 0.243. The molecule has 0 saturated carbocycles. The lowest BCUT2D eigenvalue weighted by Gasteiger charge is -2.25. The normalized spacial score (nSPS) is 14.1. The first-order valence-corrected chi connectivity index (χ1v) is 13.4. The van der Waals surface area contributed by atoms with Gasteiger partial charge in [-0.2, -0.15) is 0 Å². The summed E-state index contributed by atoms with van der Waals surface area (Å²) in [7, 11) is -3.92. The van der Waals surface area contributed by atoms with E-state index in [1.54, 1.807) is 6.92 Å². The van der Waals surface area contributed by atoms with Crippen LogP contribution in [0.1, 0.15) is 48.6 Å². The van der Waals surface area contributed by atoms with Gasteiger partial charge in [0.25, 0.3) is 0 Å². The lowest BCUT2D eigenvalue weighted by atomic mass is 10.1. The van der Waals surface area contributed by atoms with Gasteiger partial charge >= 0.3 is 7.60 Å². The van der Waals surface area contributed by atoms with E-state index in [0.29, 0.717) is 5.56 Å². The zero-order valence-corrected chi connectivity index (χ0v) is 20.8. The lowest BCUT2D eigenvalue weighted by molar-refractivity contribution is 0.267. The maximum absolute atomic E-state index is 12.9. The van der Waals surface area contributed by atoms with Gasteiger partial charge in [-0.1, -0.05) is 61.5 Å². The lowest BCUT2D eigenvalue weighted by Crippen LogP contribution is -2.13. The Morgan fingerprint density at radius 1 is 1.03 bits per heavy atom. The molecule has 0 aliphatic heterocycles. The molecule has 1 aromatic heterocycles. The van der Waals surface area contributed by atoms with Crippen molar-refractivity contribution in [1.29, 1.82) is 0 Å². The van der Waals surface area contributed by atoms with Crippen LogP contribution in [-0.2, 0) is 22.1 Å². The molecule has 7 heteroatoms. The molecule has 6 nitrogen and oxygen atoms in total. The van der Waals surface area contributed by atoms with Crippen LogP contribution in [0.4, 0.5) is 5.69 Å². The first kappa shape index (κ1) is 24.2. The molecule has 178 valence electrons. The van der Waals surface area contributed by atoms with E-state index < -0.39 is 13.4 Å². The molecule has 0 aliphatic carbocycles. The average molecular weight is 478 g/mol. The Balaban J connectivity index is 1.59. The predicted molar refractivity (Wildman–Crippen MR) is 138 cm³/mol. The third kappa shape index (κ3) is 5.25. The van der Waals surface area contributed by atoms with Crippen molar-refractivity contribution < 1.29 is 14.0 Å². The molecule has 0 saturated heterocycles. The Kier molecular flexibility index (Phi) is 7.52. The van der Waals surface area contributed by atoms with Crippen LogP contribution in [0.25, 0.3) is 11.0 Å². The smallest absolute Gasteiger partial charge is 0.354 e. The molecule has 0 fully saturated rings. The van der Waals surface area contributed by atoms with Crippen molar-refractivity contribution >= 4 is 24.3 Å². The third-order valence-electron chi connectivity index (χ3n) is 5.89. The van der Waals surface area contributed by atoms with Gasteiger partial charge in [0, 0.05) is 18.7 Å². The SMILES string of the molecule is CCCc1nc2c(C)cccc2n1Cc1ccc(NC(c2ccccc2)P(=O)(O)OCC)cc1. The number of imidazole rings is 1. The highest BCUT2D eigenvalue weighted by atomic mass is 31.2. The topological polar surface area (TPSA) is 76.4 Å². The molecular weight excluding hydrogens is 445 g/mol. The van der Waals surface area contributed by atoms with Gasteiger partial charge in [0.05, 0.1) is 17.6 Å². The van der Waals surface area contributed by atoms with Crippen molar-refractivity contribution in [3.05, 3.63) is 95.3 Å². The molecule has 4 aromatic rings. The van der Waals surface area contributed by atoms with Crippen LogP contribution in [0.3, 0.4) is 0 Å². The summed E-state index contributed by atoms with van der Waals surface area (Å²) in [5, 5.41) is 3.22. The van der Waals surface area contributed by atoms with Crippen LogP contribution < -0.4 is 5.32 Å². The Bertz CT molecular complexity index is 1290. The van der Waals surface area contributed by atoms with Crippen LogP contribution in [0, 0.1) is 6.92 Å². The molecule has 0 spiro atoms. The molecular formula is C27H32N3O3P. The van der Waals surface area contributed by atoms with E-state index in [2.05, 4.69) is 41.9 Å². The summed E-state index contributed by atoms with van der Waals surface area (Å²) in [4.78, 5) is 15.5. The number of nitrogens with zero attached hydrogens (tertiary/aromatic N) is 2. The minimum absolute atomic E-state index is 0.163. The summed E-state index contributed by atoms with van der Waals surface area (Å²) in [6.07, 6.45) is 1.96. The van der Waals surface area contributed by atoms with Crippen molar-refractivity contribution in [3.63, 3.8) is 0 Å². The first-order chi connectivity index (χ1) is 16.4. The molecule has 0 radical (unpaired) electrons. The second-order valence-electron chi connectivity index (χ2n) is 8.44. The second kappa shape index (κ2) is 10.6. The quantitative estimate of drug-likeness (QED) is 0.249. The van der Waals surface area contributed by atoms with E-state index in [-0.39, 0.29) is 6.61 Å². The van der Waals surface area contributed by atoms with Gasteiger partial charge in [0.15, 0.2) is 5.78 Å². The van der Waals surface area contributed by atoms with Crippen molar-refractivity contribution in [2.45, 2.75) is 45.9 Å². The van der Waals surface area contributed by atoms with Crippen LogP contribution in [0.5, 0.6) is 0 Å². The maximum Gasteiger partial charge on any atom is 0.354 e. The molecule has 0 aliphatic rings. The summed E-state index contributed by atoms with van der Waals surface area (Å²) < 4.78 is 20.4. The van der Waals surface area contributed by atoms with Crippen molar-refractivity contribution in [2.75, 3.05) is 11.9 Å². The monoisotopic (exact) mass is 477 g/mol. The minimum Gasteiger partial charge on any atom is -0.368 e. The highest BCUT2D eigenvalue weighted by Gasteiger charge is 2.33. The molecule has 0 amide bonds. The number of rotatable bonds is 10. The Morgan fingerprint density at radius 2 is 1.76 bits per heavy atom. The highest BCUT2D eigenvalue weighted by molar-refractivity contribution is 7.53. The zero-order chi connectivity index (χ0) is 24.1. The molecule has 0 bridgehead atoms. The summed E-state index contributed by atoms with van der Waals surface area (Å²) in [5.41, 5.74) is 5.99. The summed E-state index contributed by atoms with van der Waals surface area (Å²) in [6.45, 7) is 6.86. The Morgan fingerprint density at radius 3 is 2.44 bits per heavy atom. The maximum atomic E-state index is 12.9. The molecule has 3 aromatic carbocycles. The number of benzene rings is 3. The fraction of sp³-hybridized carbons (Fsp3) is 0.296. The van der Waals surface area contributed by atoms with Crippen LogP contribution >= 0.6 is 7.60 Å². The molecule has 4 rings (SSSR count). The van der Waals surface area contributed by atoms with Crippen molar-refractivity contribution in [3.8, 4) is 0 Å². The standard InChI is InChI=1S/C27H32N3O3P/c1-4-10-25-29-26-20(3)11-9-14-24(26)30(25)19-21-15-17-23(18-16-21)28-27(34(31,32)33-5-2)22-12-7-6-8-13-22/h6-9,11-18,27-28H,4-5,10,19H2,1-3H3,(H,31,32). The zero-order valence-electron chi connectivity index (χ0n) is 19.9. The molecule has 34 heavy (non-hydrogen) atoms. The number of para-hydroxylation sites is 1. The number of aryl methyl sites for hydroxylation is 2. The highest BCUT2D eigenvalue weighted by Crippen LogP contribution is 2.56. The van der Waals surface area contributed by atoms with Gasteiger partial charge in [-0.05, 0) is 55.2 Å². The van der Waals surface area contributed by atoms with E-state index >= 15 is 0 Å². The molecule has 1 heterocycles. The van der Waals surface area contributed by atoms with Crippen molar-refractivity contribution in [1.82, 2.24) is 9.55 Å². The van der Waals surface area contributed by atoms with E-state index in [1.807, 2.05) is 54.6 Å². The summed E-state index contributed by atoms with van der Waals surface area (Å²) in [6, 6.07) is 23.5. The van der Waals surface area contributed by atoms with E-state index in [0.717, 1.165) is 47.5 Å². The summed E-state index contributed by atoms with van der Waals surface area (Å²) >= 11 is 0. The Hall–Kier alpha value is -2.92. The first-order valence-electron chi connectivity index (χ1n) is 11.7.